The molecule has 0 spiro atoms. The maximum atomic E-state index is 12.0. The van der Waals surface area contributed by atoms with Gasteiger partial charge < -0.3 is 9.73 Å². The highest BCUT2D eigenvalue weighted by atomic mass is 35.5. The number of anilines is 1. The molecule has 6 heteroatoms. The van der Waals surface area contributed by atoms with E-state index in [1.807, 2.05) is 31.0 Å². The van der Waals surface area contributed by atoms with Crippen LogP contribution in [0.25, 0.3) is 0 Å². The second-order valence-electron chi connectivity index (χ2n) is 4.83. The first kappa shape index (κ1) is 15.9. The molecule has 2 aromatic rings. The SMILES string of the molecule is Cc1ccc(CN(C)CC(=O)Nc2c(Cl)cccc2Cl)o1. The lowest BCUT2D eigenvalue weighted by Gasteiger charge is -2.15. The predicted molar refractivity (Wildman–Crippen MR) is 84.9 cm³/mol. The van der Waals surface area contributed by atoms with Crippen molar-refractivity contribution in [2.45, 2.75) is 13.5 Å². The fourth-order valence-corrected chi connectivity index (χ4v) is 2.43. The Kier molecular flexibility index (Phi) is 5.28. The Labute approximate surface area is 133 Å². The van der Waals surface area contributed by atoms with E-state index in [9.17, 15) is 4.79 Å². The average Bonchev–Trinajstić information content (AvgIpc) is 2.79. The van der Waals surface area contributed by atoms with Crippen molar-refractivity contribution in [3.63, 3.8) is 0 Å². The number of hydrogen-bond donors (Lipinski definition) is 1. The fourth-order valence-electron chi connectivity index (χ4n) is 1.93. The summed E-state index contributed by atoms with van der Waals surface area (Å²) >= 11 is 12.0. The van der Waals surface area contributed by atoms with Crippen LogP contribution in [0.1, 0.15) is 11.5 Å². The number of aryl methyl sites for hydroxylation is 1. The van der Waals surface area contributed by atoms with Crippen LogP contribution >= 0.6 is 23.2 Å². The van der Waals surface area contributed by atoms with Gasteiger partial charge in [-0.05, 0) is 38.2 Å². The number of carbonyl (C=O) groups is 1. The summed E-state index contributed by atoms with van der Waals surface area (Å²) in [5, 5.41) is 3.56. The monoisotopic (exact) mass is 326 g/mol. The van der Waals surface area contributed by atoms with Gasteiger partial charge in [0, 0.05) is 0 Å². The van der Waals surface area contributed by atoms with Crippen LogP contribution in [0, 0.1) is 6.92 Å². The van der Waals surface area contributed by atoms with Gasteiger partial charge in [-0.25, -0.2) is 0 Å². The van der Waals surface area contributed by atoms with Crippen molar-refractivity contribution in [3.8, 4) is 0 Å². The van der Waals surface area contributed by atoms with Gasteiger partial charge in [0.15, 0.2) is 0 Å². The maximum absolute atomic E-state index is 12.0. The summed E-state index contributed by atoms with van der Waals surface area (Å²) in [6, 6.07) is 8.88. The number of furan rings is 1. The van der Waals surface area contributed by atoms with Gasteiger partial charge in [0.2, 0.25) is 5.91 Å². The molecule has 1 aromatic carbocycles. The molecule has 0 bridgehead atoms. The molecule has 1 aromatic heterocycles. The molecule has 0 atom stereocenters. The van der Waals surface area contributed by atoms with Crippen LogP contribution in [0.2, 0.25) is 10.0 Å². The normalized spacial score (nSPS) is 10.9. The van der Waals surface area contributed by atoms with Crippen LogP contribution < -0.4 is 5.32 Å². The van der Waals surface area contributed by atoms with Crippen molar-refractivity contribution >= 4 is 34.8 Å². The smallest absolute Gasteiger partial charge is 0.238 e. The summed E-state index contributed by atoms with van der Waals surface area (Å²) < 4.78 is 5.48. The third-order valence-electron chi connectivity index (χ3n) is 2.86. The minimum absolute atomic E-state index is 0.184. The molecule has 1 N–H and O–H groups in total. The number of halogens is 2. The van der Waals surface area contributed by atoms with Crippen LogP contribution in [0.4, 0.5) is 5.69 Å². The Balaban J connectivity index is 1.92. The van der Waals surface area contributed by atoms with Crippen LogP contribution in [0.15, 0.2) is 34.7 Å². The third-order valence-corrected chi connectivity index (χ3v) is 3.49. The van der Waals surface area contributed by atoms with Crippen LogP contribution in [-0.2, 0) is 11.3 Å². The van der Waals surface area contributed by atoms with E-state index in [1.165, 1.54) is 0 Å². The van der Waals surface area contributed by atoms with Gasteiger partial charge in [0.05, 0.1) is 28.8 Å². The van der Waals surface area contributed by atoms with Crippen molar-refractivity contribution in [2.75, 3.05) is 18.9 Å². The first-order valence-electron chi connectivity index (χ1n) is 6.43. The lowest BCUT2D eigenvalue weighted by molar-refractivity contribution is -0.117. The van der Waals surface area contributed by atoms with Crippen LogP contribution in [0.5, 0.6) is 0 Å². The highest BCUT2D eigenvalue weighted by Gasteiger charge is 2.12. The van der Waals surface area contributed by atoms with Gasteiger partial charge in [0.25, 0.3) is 0 Å². The van der Waals surface area contributed by atoms with E-state index < -0.39 is 0 Å². The van der Waals surface area contributed by atoms with Crippen molar-refractivity contribution in [1.82, 2.24) is 4.90 Å². The summed E-state index contributed by atoms with van der Waals surface area (Å²) in [6.07, 6.45) is 0. The molecule has 1 amide bonds. The number of rotatable bonds is 5. The van der Waals surface area contributed by atoms with Gasteiger partial charge >= 0.3 is 0 Å². The Morgan fingerprint density at radius 3 is 2.48 bits per heavy atom. The molecule has 0 saturated carbocycles. The highest BCUT2D eigenvalue weighted by Crippen LogP contribution is 2.29. The first-order valence-corrected chi connectivity index (χ1v) is 7.19. The van der Waals surface area contributed by atoms with E-state index in [1.54, 1.807) is 18.2 Å². The molecule has 0 aliphatic carbocycles. The number of hydrogen-bond acceptors (Lipinski definition) is 3. The molecule has 0 unspecified atom stereocenters. The van der Waals surface area contributed by atoms with Crippen LogP contribution in [0.3, 0.4) is 0 Å². The van der Waals surface area contributed by atoms with Gasteiger partial charge in [-0.3, -0.25) is 9.69 Å². The van der Waals surface area contributed by atoms with E-state index in [0.717, 1.165) is 11.5 Å². The first-order chi connectivity index (χ1) is 9.95. The Hall–Kier alpha value is -1.49. The van der Waals surface area contributed by atoms with E-state index in [4.69, 9.17) is 27.6 Å². The van der Waals surface area contributed by atoms with E-state index >= 15 is 0 Å². The number of para-hydroxylation sites is 1. The molecule has 0 radical (unpaired) electrons. The molecule has 0 fully saturated rings. The number of nitrogens with one attached hydrogen (secondary N) is 1. The minimum Gasteiger partial charge on any atom is -0.465 e. The Morgan fingerprint density at radius 2 is 1.90 bits per heavy atom. The number of amides is 1. The average molecular weight is 327 g/mol. The zero-order valence-electron chi connectivity index (χ0n) is 11.8. The largest absolute Gasteiger partial charge is 0.465 e. The quantitative estimate of drug-likeness (QED) is 0.904. The van der Waals surface area contributed by atoms with Gasteiger partial charge in [-0.1, -0.05) is 29.3 Å². The van der Waals surface area contributed by atoms with Crippen molar-refractivity contribution in [1.29, 1.82) is 0 Å². The zero-order chi connectivity index (χ0) is 15.4. The van der Waals surface area contributed by atoms with Gasteiger partial charge in [-0.2, -0.15) is 0 Å². The molecule has 2 rings (SSSR count). The lowest BCUT2D eigenvalue weighted by atomic mass is 10.3. The zero-order valence-corrected chi connectivity index (χ0v) is 13.3. The van der Waals surface area contributed by atoms with E-state index in [-0.39, 0.29) is 12.5 Å². The minimum atomic E-state index is -0.184. The topological polar surface area (TPSA) is 45.5 Å². The second kappa shape index (κ2) is 6.98. The number of nitrogens with zero attached hydrogens (tertiary/aromatic N) is 1. The molecule has 0 aliphatic heterocycles. The van der Waals surface area contributed by atoms with Crippen molar-refractivity contribution < 1.29 is 9.21 Å². The summed E-state index contributed by atoms with van der Waals surface area (Å²) in [5.41, 5.74) is 0.438. The highest BCUT2D eigenvalue weighted by molar-refractivity contribution is 6.39. The molecule has 112 valence electrons. The van der Waals surface area contributed by atoms with Crippen LogP contribution in [-0.4, -0.2) is 24.4 Å². The Morgan fingerprint density at radius 1 is 1.24 bits per heavy atom. The van der Waals surface area contributed by atoms with E-state index in [2.05, 4.69) is 5.32 Å². The predicted octanol–water partition coefficient (Wildman–Crippen LogP) is 3.97. The Bertz CT molecular complexity index is 620. The molecule has 1 heterocycles. The molecule has 21 heavy (non-hydrogen) atoms. The molecule has 4 nitrogen and oxygen atoms in total. The number of benzene rings is 1. The summed E-state index contributed by atoms with van der Waals surface area (Å²) in [4.78, 5) is 13.9. The van der Waals surface area contributed by atoms with E-state index in [0.29, 0.717) is 22.3 Å². The number of carbonyl (C=O) groups excluding carboxylic acids is 1. The van der Waals surface area contributed by atoms with Gasteiger partial charge in [0.1, 0.15) is 11.5 Å². The summed E-state index contributed by atoms with van der Waals surface area (Å²) in [7, 11) is 1.84. The van der Waals surface area contributed by atoms with Gasteiger partial charge in [-0.15, -0.1) is 0 Å². The number of likely N-dealkylation sites (N-methyl/N-ethyl adjacent to an activating group) is 1. The summed E-state index contributed by atoms with van der Waals surface area (Å²) in [5.74, 6) is 1.49. The maximum Gasteiger partial charge on any atom is 0.238 e. The third kappa shape index (κ3) is 4.49. The molecule has 0 saturated heterocycles. The van der Waals surface area contributed by atoms with Crippen molar-refractivity contribution in [3.05, 3.63) is 51.9 Å². The second-order valence-corrected chi connectivity index (χ2v) is 5.64. The lowest BCUT2D eigenvalue weighted by Crippen LogP contribution is -2.29. The van der Waals surface area contributed by atoms with Crippen molar-refractivity contribution in [2.24, 2.45) is 0 Å². The summed E-state index contributed by atoms with van der Waals surface area (Å²) in [6.45, 7) is 2.65. The molecular formula is C15H16Cl2N2O2. The standard InChI is InChI=1S/C15H16Cl2N2O2/c1-10-6-7-11(21-10)8-19(2)9-14(20)18-15-12(16)4-3-5-13(15)17/h3-7H,8-9H2,1-2H3,(H,18,20). The molecular weight excluding hydrogens is 311 g/mol. The molecule has 0 aliphatic rings. The fraction of sp³-hybridized carbons (Fsp3) is 0.267.